The van der Waals surface area contributed by atoms with Crippen molar-refractivity contribution in [2.75, 3.05) is 25.0 Å². The quantitative estimate of drug-likeness (QED) is 0.484. The summed E-state index contributed by atoms with van der Waals surface area (Å²) in [6, 6.07) is 14.4. The predicted molar refractivity (Wildman–Crippen MR) is 125 cm³/mol. The summed E-state index contributed by atoms with van der Waals surface area (Å²) < 4.78 is 5.77. The summed E-state index contributed by atoms with van der Waals surface area (Å²) in [6.45, 7) is 4.53. The number of amides is 2. The van der Waals surface area contributed by atoms with Gasteiger partial charge in [0, 0.05) is 29.9 Å². The highest BCUT2D eigenvalue weighted by molar-refractivity contribution is 6.05. The van der Waals surface area contributed by atoms with Crippen molar-refractivity contribution < 1.29 is 14.3 Å². The number of carbonyl (C=O) groups is 2. The highest BCUT2D eigenvalue weighted by atomic mass is 16.5. The monoisotopic (exact) mass is 422 g/mol. The molecule has 0 bridgehead atoms. The standard InChI is InChI=1S/C26H34N2O3/c1-2-3-4-5-9-19-31-24-15-13-21(14-16-24)25(29)27-23-12-10-11-22(20-23)26(30)28-17-7-6-8-18-28/h10-16,20H,2-9,17-19H2,1H3,(H,27,29). The number of hydrogen-bond donors (Lipinski definition) is 1. The zero-order valence-corrected chi connectivity index (χ0v) is 18.6. The molecule has 1 saturated heterocycles. The van der Waals surface area contributed by atoms with E-state index >= 15 is 0 Å². The van der Waals surface area contributed by atoms with Crippen molar-refractivity contribution in [3.8, 4) is 5.75 Å². The summed E-state index contributed by atoms with van der Waals surface area (Å²) in [5.41, 5.74) is 1.80. The van der Waals surface area contributed by atoms with E-state index in [2.05, 4.69) is 12.2 Å². The van der Waals surface area contributed by atoms with Crippen molar-refractivity contribution in [1.29, 1.82) is 0 Å². The molecule has 0 atom stereocenters. The molecule has 2 amide bonds. The number of carbonyl (C=O) groups excluding carboxylic acids is 2. The molecule has 0 saturated carbocycles. The van der Waals surface area contributed by atoms with Crippen LogP contribution in [-0.2, 0) is 0 Å². The van der Waals surface area contributed by atoms with Gasteiger partial charge in [0.2, 0.25) is 0 Å². The van der Waals surface area contributed by atoms with E-state index < -0.39 is 0 Å². The Morgan fingerprint density at radius 1 is 0.903 bits per heavy atom. The number of ether oxygens (including phenoxy) is 1. The first-order valence-electron chi connectivity index (χ1n) is 11.6. The molecule has 0 aliphatic carbocycles. The van der Waals surface area contributed by atoms with Crippen LogP contribution in [0.5, 0.6) is 5.75 Å². The number of nitrogens with one attached hydrogen (secondary N) is 1. The van der Waals surface area contributed by atoms with Crippen molar-refractivity contribution in [2.45, 2.75) is 58.3 Å². The Hall–Kier alpha value is -2.82. The second kappa shape index (κ2) is 12.1. The molecular formula is C26H34N2O3. The molecule has 1 aliphatic rings. The predicted octanol–water partition coefficient (Wildman–Crippen LogP) is 5.91. The van der Waals surface area contributed by atoms with E-state index in [1.54, 1.807) is 30.3 Å². The van der Waals surface area contributed by atoms with Gasteiger partial charge in [0.15, 0.2) is 0 Å². The number of benzene rings is 2. The highest BCUT2D eigenvalue weighted by Gasteiger charge is 2.18. The first-order valence-corrected chi connectivity index (χ1v) is 11.6. The largest absolute Gasteiger partial charge is 0.494 e. The summed E-state index contributed by atoms with van der Waals surface area (Å²) in [5, 5.41) is 2.90. The van der Waals surface area contributed by atoms with E-state index in [1.165, 1.54) is 32.1 Å². The second-order valence-electron chi connectivity index (χ2n) is 8.17. The van der Waals surface area contributed by atoms with Gasteiger partial charge < -0.3 is 15.0 Å². The van der Waals surface area contributed by atoms with E-state index in [0.29, 0.717) is 23.4 Å². The first-order chi connectivity index (χ1) is 15.2. The first kappa shape index (κ1) is 22.9. The van der Waals surface area contributed by atoms with Crippen molar-refractivity contribution in [2.24, 2.45) is 0 Å². The van der Waals surface area contributed by atoms with Crippen LogP contribution in [0.25, 0.3) is 0 Å². The normalized spacial score (nSPS) is 13.6. The topological polar surface area (TPSA) is 58.6 Å². The summed E-state index contributed by atoms with van der Waals surface area (Å²) in [4.78, 5) is 27.2. The number of likely N-dealkylation sites (tertiary alicyclic amines) is 1. The van der Waals surface area contributed by atoms with E-state index in [-0.39, 0.29) is 11.8 Å². The maximum Gasteiger partial charge on any atom is 0.255 e. The third-order valence-electron chi connectivity index (χ3n) is 5.64. The molecule has 1 heterocycles. The maximum absolute atomic E-state index is 12.7. The van der Waals surface area contributed by atoms with Gasteiger partial charge in [0.25, 0.3) is 11.8 Å². The molecule has 0 radical (unpaired) electrons. The molecule has 2 aromatic rings. The van der Waals surface area contributed by atoms with E-state index in [0.717, 1.165) is 38.1 Å². The molecule has 0 unspecified atom stereocenters. The molecule has 3 rings (SSSR count). The van der Waals surface area contributed by atoms with Crippen molar-refractivity contribution >= 4 is 17.5 Å². The summed E-state index contributed by atoms with van der Waals surface area (Å²) >= 11 is 0. The molecule has 0 aromatic heterocycles. The molecule has 31 heavy (non-hydrogen) atoms. The average molecular weight is 423 g/mol. The van der Waals surface area contributed by atoms with Crippen LogP contribution in [0, 0.1) is 0 Å². The van der Waals surface area contributed by atoms with Crippen molar-refractivity contribution in [1.82, 2.24) is 4.90 Å². The molecule has 1 N–H and O–H groups in total. The lowest BCUT2D eigenvalue weighted by Gasteiger charge is -2.26. The van der Waals surface area contributed by atoms with Gasteiger partial charge in [-0.1, -0.05) is 38.7 Å². The Balaban J connectivity index is 1.51. The number of anilines is 1. The number of unbranched alkanes of at least 4 members (excludes halogenated alkanes) is 4. The molecule has 1 fully saturated rings. The van der Waals surface area contributed by atoms with Crippen LogP contribution in [0.1, 0.15) is 79.0 Å². The van der Waals surface area contributed by atoms with E-state index in [1.807, 2.05) is 23.1 Å². The van der Waals surface area contributed by atoms with Gasteiger partial charge in [-0.15, -0.1) is 0 Å². The minimum Gasteiger partial charge on any atom is -0.494 e. The fourth-order valence-electron chi connectivity index (χ4n) is 3.81. The fraction of sp³-hybridized carbons (Fsp3) is 0.462. The van der Waals surface area contributed by atoms with Gasteiger partial charge in [-0.05, 0) is 68.1 Å². The SMILES string of the molecule is CCCCCCCOc1ccc(C(=O)Nc2cccc(C(=O)N3CCCCC3)c2)cc1. The van der Waals surface area contributed by atoms with Crippen LogP contribution in [0.3, 0.4) is 0 Å². The summed E-state index contributed by atoms with van der Waals surface area (Å²) in [6.07, 6.45) is 9.30. The molecule has 0 spiro atoms. The van der Waals surface area contributed by atoms with Gasteiger partial charge in [-0.3, -0.25) is 9.59 Å². The maximum atomic E-state index is 12.7. The smallest absolute Gasteiger partial charge is 0.255 e. The minimum absolute atomic E-state index is 0.0343. The van der Waals surface area contributed by atoms with Gasteiger partial charge in [0.1, 0.15) is 5.75 Å². The number of hydrogen-bond acceptors (Lipinski definition) is 3. The van der Waals surface area contributed by atoms with Crippen molar-refractivity contribution in [3.63, 3.8) is 0 Å². The molecule has 5 heteroatoms. The Bertz CT molecular complexity index is 842. The Kier molecular flexibility index (Phi) is 8.95. The van der Waals surface area contributed by atoms with Gasteiger partial charge in [-0.2, -0.15) is 0 Å². The van der Waals surface area contributed by atoms with Crippen LogP contribution in [-0.4, -0.2) is 36.4 Å². The molecule has 166 valence electrons. The average Bonchev–Trinajstić information content (AvgIpc) is 2.82. The number of piperidine rings is 1. The minimum atomic E-state index is -0.200. The van der Waals surface area contributed by atoms with Gasteiger partial charge >= 0.3 is 0 Å². The van der Waals surface area contributed by atoms with Crippen LogP contribution >= 0.6 is 0 Å². The molecular weight excluding hydrogens is 388 g/mol. The highest BCUT2D eigenvalue weighted by Crippen LogP contribution is 2.18. The zero-order valence-electron chi connectivity index (χ0n) is 18.6. The van der Waals surface area contributed by atoms with E-state index in [4.69, 9.17) is 4.74 Å². The van der Waals surface area contributed by atoms with Crippen LogP contribution in [0.2, 0.25) is 0 Å². The number of nitrogens with zero attached hydrogens (tertiary/aromatic N) is 1. The summed E-state index contributed by atoms with van der Waals surface area (Å²) in [7, 11) is 0. The third kappa shape index (κ3) is 7.12. The Morgan fingerprint density at radius 3 is 2.39 bits per heavy atom. The van der Waals surface area contributed by atoms with E-state index in [9.17, 15) is 9.59 Å². The van der Waals surface area contributed by atoms with Crippen LogP contribution in [0.4, 0.5) is 5.69 Å². The Labute approximate surface area is 185 Å². The Morgan fingerprint density at radius 2 is 1.65 bits per heavy atom. The van der Waals surface area contributed by atoms with Crippen LogP contribution in [0.15, 0.2) is 48.5 Å². The second-order valence-corrected chi connectivity index (χ2v) is 8.17. The number of rotatable bonds is 10. The third-order valence-corrected chi connectivity index (χ3v) is 5.64. The molecule has 5 nitrogen and oxygen atoms in total. The zero-order chi connectivity index (χ0) is 21.9. The van der Waals surface area contributed by atoms with Gasteiger partial charge in [0.05, 0.1) is 6.61 Å². The molecule has 2 aromatic carbocycles. The van der Waals surface area contributed by atoms with Crippen LogP contribution < -0.4 is 10.1 Å². The lowest BCUT2D eigenvalue weighted by molar-refractivity contribution is 0.0724. The molecule has 1 aliphatic heterocycles. The summed E-state index contributed by atoms with van der Waals surface area (Å²) in [5.74, 6) is 0.613. The fourth-order valence-corrected chi connectivity index (χ4v) is 3.81. The lowest BCUT2D eigenvalue weighted by Crippen LogP contribution is -2.35. The van der Waals surface area contributed by atoms with Crippen molar-refractivity contribution in [3.05, 3.63) is 59.7 Å². The van der Waals surface area contributed by atoms with Gasteiger partial charge in [-0.25, -0.2) is 0 Å². The lowest BCUT2D eigenvalue weighted by atomic mass is 10.1.